The fourth-order valence-electron chi connectivity index (χ4n) is 2.52. The first kappa shape index (κ1) is 22.3. The standard InChI is InChI=1S/C22H24ClNO5/c1-4-9-28-17-7-5-16(6-8-17)12-19(22(26)27)24-20(25)13-29-18-10-14(2)21(23)15(3)11-18/h5-8,10-12H,4,9,13H2,1-3H3,(H,24,25)(H,26,27)/p-1/b19-12+. The summed E-state index contributed by atoms with van der Waals surface area (Å²) in [7, 11) is 0. The molecule has 0 aromatic heterocycles. The number of carbonyl (C=O) groups excluding carboxylic acids is 2. The van der Waals surface area contributed by atoms with Crippen molar-refractivity contribution in [3.63, 3.8) is 0 Å². The molecule has 0 unspecified atom stereocenters. The molecule has 0 saturated heterocycles. The maximum atomic E-state index is 12.1. The third-order valence-corrected chi connectivity index (χ3v) is 4.53. The van der Waals surface area contributed by atoms with Crippen LogP contribution in [0.3, 0.4) is 0 Å². The van der Waals surface area contributed by atoms with E-state index in [0.29, 0.717) is 28.7 Å². The number of carboxylic acids is 1. The van der Waals surface area contributed by atoms with E-state index in [4.69, 9.17) is 21.1 Å². The summed E-state index contributed by atoms with van der Waals surface area (Å²) in [6.45, 7) is 5.91. The number of hydrogen-bond donors (Lipinski definition) is 1. The van der Waals surface area contributed by atoms with Crippen LogP contribution in [0.1, 0.15) is 30.0 Å². The molecule has 0 aliphatic heterocycles. The van der Waals surface area contributed by atoms with Crippen LogP contribution < -0.4 is 19.9 Å². The zero-order valence-corrected chi connectivity index (χ0v) is 17.3. The lowest BCUT2D eigenvalue weighted by molar-refractivity contribution is -0.299. The Bertz CT molecular complexity index is 883. The van der Waals surface area contributed by atoms with E-state index in [1.807, 2.05) is 20.8 Å². The number of carbonyl (C=O) groups is 2. The van der Waals surface area contributed by atoms with Gasteiger partial charge in [0, 0.05) is 5.02 Å². The van der Waals surface area contributed by atoms with Gasteiger partial charge in [0.15, 0.2) is 6.61 Å². The molecule has 29 heavy (non-hydrogen) atoms. The zero-order chi connectivity index (χ0) is 21.4. The van der Waals surface area contributed by atoms with Crippen molar-refractivity contribution in [2.45, 2.75) is 27.2 Å². The largest absolute Gasteiger partial charge is 0.543 e. The quantitative estimate of drug-likeness (QED) is 0.635. The van der Waals surface area contributed by atoms with Crippen LogP contribution in [0.2, 0.25) is 5.02 Å². The lowest BCUT2D eigenvalue weighted by Crippen LogP contribution is -2.37. The number of benzene rings is 2. The highest BCUT2D eigenvalue weighted by Gasteiger charge is 2.09. The molecule has 0 aliphatic rings. The lowest BCUT2D eigenvalue weighted by atomic mass is 10.1. The van der Waals surface area contributed by atoms with E-state index in [1.165, 1.54) is 6.08 Å². The van der Waals surface area contributed by atoms with Crippen LogP contribution in [0.15, 0.2) is 42.1 Å². The Morgan fingerprint density at radius 2 is 1.69 bits per heavy atom. The number of aliphatic carboxylic acids is 1. The van der Waals surface area contributed by atoms with Gasteiger partial charge in [-0.15, -0.1) is 0 Å². The number of nitrogens with one attached hydrogen (secondary N) is 1. The van der Waals surface area contributed by atoms with Crippen LogP contribution in [0.25, 0.3) is 6.08 Å². The molecule has 1 N–H and O–H groups in total. The minimum atomic E-state index is -1.50. The Morgan fingerprint density at radius 1 is 1.07 bits per heavy atom. The van der Waals surface area contributed by atoms with Crippen molar-refractivity contribution in [2.24, 2.45) is 0 Å². The molecule has 2 aromatic carbocycles. The molecule has 0 spiro atoms. The van der Waals surface area contributed by atoms with E-state index in [2.05, 4.69) is 5.32 Å². The first-order chi connectivity index (χ1) is 13.8. The third-order valence-electron chi connectivity index (χ3n) is 3.94. The van der Waals surface area contributed by atoms with Gasteiger partial charge in [0.1, 0.15) is 11.5 Å². The first-order valence-electron chi connectivity index (χ1n) is 9.15. The summed E-state index contributed by atoms with van der Waals surface area (Å²) in [5, 5.41) is 14.3. The van der Waals surface area contributed by atoms with Gasteiger partial charge in [0.25, 0.3) is 5.91 Å². The van der Waals surface area contributed by atoms with Crippen LogP contribution in [-0.4, -0.2) is 25.1 Å². The van der Waals surface area contributed by atoms with Gasteiger partial charge in [-0.1, -0.05) is 30.7 Å². The van der Waals surface area contributed by atoms with E-state index in [-0.39, 0.29) is 12.3 Å². The van der Waals surface area contributed by atoms with Gasteiger partial charge in [-0.3, -0.25) is 4.79 Å². The van der Waals surface area contributed by atoms with Gasteiger partial charge < -0.3 is 24.7 Å². The molecule has 154 valence electrons. The minimum absolute atomic E-state index is 0.352. The molecule has 2 rings (SSSR count). The summed E-state index contributed by atoms with van der Waals surface area (Å²) >= 11 is 6.11. The Morgan fingerprint density at radius 3 is 2.24 bits per heavy atom. The third kappa shape index (κ3) is 6.84. The van der Waals surface area contributed by atoms with Crippen LogP contribution in [0.4, 0.5) is 0 Å². The lowest BCUT2D eigenvalue weighted by Gasteiger charge is -2.13. The number of halogens is 1. The van der Waals surface area contributed by atoms with Crippen LogP contribution >= 0.6 is 11.6 Å². The smallest absolute Gasteiger partial charge is 0.262 e. The van der Waals surface area contributed by atoms with Crippen molar-refractivity contribution in [1.82, 2.24) is 5.32 Å². The fourth-order valence-corrected chi connectivity index (χ4v) is 2.63. The summed E-state index contributed by atoms with van der Waals surface area (Å²) in [5.41, 5.74) is 1.87. The SMILES string of the molecule is CCCOc1ccc(/C=C(/NC(=O)COc2cc(C)c(Cl)c(C)c2)C(=O)[O-])cc1. The molecule has 0 saturated carbocycles. The van der Waals surface area contributed by atoms with E-state index in [9.17, 15) is 14.7 Å². The van der Waals surface area contributed by atoms with Crippen LogP contribution in [0.5, 0.6) is 11.5 Å². The van der Waals surface area contributed by atoms with Gasteiger partial charge in [0.05, 0.1) is 18.3 Å². The number of carboxylic acid groups (broad SMARTS) is 1. The van der Waals surface area contributed by atoms with Gasteiger partial charge in [-0.2, -0.15) is 0 Å². The van der Waals surface area contributed by atoms with Gasteiger partial charge >= 0.3 is 0 Å². The highest BCUT2D eigenvalue weighted by molar-refractivity contribution is 6.32. The number of amides is 1. The topological polar surface area (TPSA) is 87.7 Å². The summed E-state index contributed by atoms with van der Waals surface area (Å²) in [4.78, 5) is 23.5. The second-order valence-electron chi connectivity index (χ2n) is 6.47. The maximum Gasteiger partial charge on any atom is 0.262 e. The van der Waals surface area contributed by atoms with Crippen molar-refractivity contribution in [3.8, 4) is 11.5 Å². The average molecular weight is 417 g/mol. The zero-order valence-electron chi connectivity index (χ0n) is 16.6. The predicted octanol–water partition coefficient (Wildman–Crippen LogP) is 3.03. The molecule has 6 nitrogen and oxygen atoms in total. The monoisotopic (exact) mass is 416 g/mol. The summed E-state index contributed by atoms with van der Waals surface area (Å²) in [6, 6.07) is 10.3. The van der Waals surface area contributed by atoms with E-state index < -0.39 is 11.9 Å². The Labute approximate surface area is 175 Å². The van der Waals surface area contributed by atoms with E-state index >= 15 is 0 Å². The van der Waals surface area contributed by atoms with Crippen molar-refractivity contribution < 1.29 is 24.2 Å². The molecule has 0 heterocycles. The molecule has 1 amide bonds. The number of hydrogen-bond acceptors (Lipinski definition) is 5. The second-order valence-corrected chi connectivity index (χ2v) is 6.85. The molecule has 0 bridgehead atoms. The number of ether oxygens (including phenoxy) is 2. The molecule has 0 radical (unpaired) electrons. The Balaban J connectivity index is 2.01. The summed E-state index contributed by atoms with van der Waals surface area (Å²) < 4.78 is 10.9. The molecule has 0 fully saturated rings. The second kappa shape index (κ2) is 10.5. The Kier molecular flexibility index (Phi) is 8.09. The van der Waals surface area contributed by atoms with Crippen molar-refractivity contribution in [2.75, 3.05) is 13.2 Å². The maximum absolute atomic E-state index is 12.1. The van der Waals surface area contributed by atoms with E-state index in [1.54, 1.807) is 36.4 Å². The van der Waals surface area contributed by atoms with Crippen molar-refractivity contribution in [1.29, 1.82) is 0 Å². The molecule has 0 aliphatic carbocycles. The normalized spacial score (nSPS) is 11.1. The Hall–Kier alpha value is -2.99. The van der Waals surface area contributed by atoms with E-state index in [0.717, 1.165) is 17.5 Å². The van der Waals surface area contributed by atoms with Gasteiger partial charge in [-0.05, 0) is 67.3 Å². The van der Waals surface area contributed by atoms with Crippen molar-refractivity contribution in [3.05, 3.63) is 63.8 Å². The highest BCUT2D eigenvalue weighted by Crippen LogP contribution is 2.25. The predicted molar refractivity (Wildman–Crippen MR) is 110 cm³/mol. The summed E-state index contributed by atoms with van der Waals surface area (Å²) in [6.07, 6.45) is 2.20. The molecule has 7 heteroatoms. The summed E-state index contributed by atoms with van der Waals surface area (Å²) in [5.74, 6) is -0.956. The minimum Gasteiger partial charge on any atom is -0.543 e. The van der Waals surface area contributed by atoms with Gasteiger partial charge in [-0.25, -0.2) is 0 Å². The number of rotatable bonds is 9. The molecular formula is C22H23ClNO5-. The van der Waals surface area contributed by atoms with Crippen LogP contribution in [0, 0.1) is 13.8 Å². The highest BCUT2D eigenvalue weighted by atomic mass is 35.5. The first-order valence-corrected chi connectivity index (χ1v) is 9.53. The molecular weight excluding hydrogens is 394 g/mol. The molecule has 0 atom stereocenters. The van der Waals surface area contributed by atoms with Crippen LogP contribution in [-0.2, 0) is 9.59 Å². The average Bonchev–Trinajstić information content (AvgIpc) is 2.69. The van der Waals surface area contributed by atoms with Crippen molar-refractivity contribution >= 4 is 29.6 Å². The molecule has 2 aromatic rings. The number of aryl methyl sites for hydroxylation is 2. The fraction of sp³-hybridized carbons (Fsp3) is 0.273. The van der Waals surface area contributed by atoms with Gasteiger partial charge in [0.2, 0.25) is 0 Å².